The van der Waals surface area contributed by atoms with Crippen molar-refractivity contribution in [1.29, 1.82) is 0 Å². The number of hydrogen-bond acceptors (Lipinski definition) is 5. The quantitative estimate of drug-likeness (QED) is 0.441. The van der Waals surface area contributed by atoms with E-state index >= 15 is 0 Å². The van der Waals surface area contributed by atoms with Crippen LogP contribution in [0.5, 0.6) is 0 Å². The van der Waals surface area contributed by atoms with Crippen molar-refractivity contribution in [3.63, 3.8) is 0 Å². The van der Waals surface area contributed by atoms with E-state index in [1.165, 1.54) is 0 Å². The van der Waals surface area contributed by atoms with Gasteiger partial charge in [-0.2, -0.15) is 0 Å². The van der Waals surface area contributed by atoms with E-state index in [2.05, 4.69) is 5.32 Å². The second-order valence-electron chi connectivity index (χ2n) is 3.12. The molecule has 0 saturated heterocycles. The minimum absolute atomic E-state index is 0.0677. The first kappa shape index (κ1) is 15.8. The van der Waals surface area contributed by atoms with Gasteiger partial charge in [-0.15, -0.1) is 0 Å². The highest BCUT2D eigenvalue weighted by molar-refractivity contribution is 5.77. The molecule has 0 aromatic heterocycles. The van der Waals surface area contributed by atoms with Crippen LogP contribution in [-0.4, -0.2) is 58.0 Å². The van der Waals surface area contributed by atoms with Gasteiger partial charge >= 0.3 is 0 Å². The highest BCUT2D eigenvalue weighted by Crippen LogP contribution is 1.79. The monoisotopic (exact) mass is 248 g/mol. The van der Waals surface area contributed by atoms with E-state index in [-0.39, 0.29) is 19.1 Å². The summed E-state index contributed by atoms with van der Waals surface area (Å²) in [5, 5.41) is 2.62. The summed E-state index contributed by atoms with van der Waals surface area (Å²) < 4.78 is 14.9. The average molecular weight is 248 g/mol. The van der Waals surface area contributed by atoms with Crippen LogP contribution in [0.3, 0.4) is 0 Å². The molecule has 7 nitrogen and oxygen atoms in total. The summed E-state index contributed by atoms with van der Waals surface area (Å²) in [4.78, 5) is 21.3. The molecular formula is C10H20N2O5. The van der Waals surface area contributed by atoms with E-state index in [9.17, 15) is 9.59 Å². The topological polar surface area (TPSA) is 99.9 Å². The van der Waals surface area contributed by atoms with Gasteiger partial charge in [-0.1, -0.05) is 0 Å². The van der Waals surface area contributed by atoms with Gasteiger partial charge in [0, 0.05) is 13.2 Å². The maximum atomic E-state index is 11.0. The van der Waals surface area contributed by atoms with Crippen molar-refractivity contribution in [1.82, 2.24) is 5.32 Å². The molecule has 0 saturated carbocycles. The van der Waals surface area contributed by atoms with Crippen LogP contribution < -0.4 is 11.1 Å². The number of ether oxygens (including phenoxy) is 3. The molecule has 0 spiro atoms. The van der Waals surface area contributed by atoms with Crippen molar-refractivity contribution in [2.45, 2.75) is 6.92 Å². The average Bonchev–Trinajstić information content (AvgIpc) is 2.29. The normalized spacial score (nSPS) is 10.2. The lowest BCUT2D eigenvalue weighted by Gasteiger charge is -2.06. The van der Waals surface area contributed by atoms with E-state index < -0.39 is 5.91 Å². The molecule has 0 aliphatic rings. The predicted octanol–water partition coefficient (Wildman–Crippen LogP) is -1.34. The smallest absolute Gasteiger partial charge is 0.246 e. The fourth-order valence-corrected chi connectivity index (χ4v) is 0.901. The van der Waals surface area contributed by atoms with E-state index in [4.69, 9.17) is 19.9 Å². The third-order valence-corrected chi connectivity index (χ3v) is 1.62. The lowest BCUT2D eigenvalue weighted by molar-refractivity contribution is -0.126. The molecule has 2 amide bonds. The Balaban J connectivity index is 3.12. The molecule has 0 bridgehead atoms. The lowest BCUT2D eigenvalue weighted by atomic mass is 10.6. The zero-order valence-corrected chi connectivity index (χ0v) is 10.1. The number of primary amides is 1. The molecule has 0 aliphatic carbocycles. The maximum absolute atomic E-state index is 11.0. The van der Waals surface area contributed by atoms with E-state index in [1.54, 1.807) is 0 Å². The molecule has 0 aliphatic heterocycles. The van der Waals surface area contributed by atoms with Crippen LogP contribution >= 0.6 is 0 Å². The molecule has 0 aromatic carbocycles. The van der Waals surface area contributed by atoms with E-state index in [1.807, 2.05) is 6.92 Å². The zero-order valence-electron chi connectivity index (χ0n) is 10.1. The van der Waals surface area contributed by atoms with Crippen LogP contribution in [0.1, 0.15) is 6.92 Å². The highest BCUT2D eigenvalue weighted by Gasteiger charge is 1.99. The van der Waals surface area contributed by atoms with Gasteiger partial charge in [0.25, 0.3) is 0 Å². The molecule has 0 aromatic rings. The van der Waals surface area contributed by atoms with E-state index in [0.717, 1.165) is 0 Å². The van der Waals surface area contributed by atoms with Gasteiger partial charge in [0.2, 0.25) is 11.8 Å². The summed E-state index contributed by atoms with van der Waals surface area (Å²) in [6.45, 7) is 3.76. The van der Waals surface area contributed by atoms with Crippen LogP contribution in [0.25, 0.3) is 0 Å². The molecule has 0 unspecified atom stereocenters. The van der Waals surface area contributed by atoms with Crippen LogP contribution in [-0.2, 0) is 23.8 Å². The van der Waals surface area contributed by atoms with Crippen molar-refractivity contribution >= 4 is 11.8 Å². The van der Waals surface area contributed by atoms with Crippen LogP contribution in [0, 0.1) is 0 Å². The molecule has 17 heavy (non-hydrogen) atoms. The maximum Gasteiger partial charge on any atom is 0.246 e. The minimum atomic E-state index is -0.506. The van der Waals surface area contributed by atoms with Crippen LogP contribution in [0.4, 0.5) is 0 Å². The zero-order chi connectivity index (χ0) is 12.9. The Labute approximate surface area is 101 Å². The largest absolute Gasteiger partial charge is 0.377 e. The fraction of sp³-hybridized carbons (Fsp3) is 0.800. The molecular weight excluding hydrogens is 228 g/mol. The molecule has 0 rings (SSSR count). The van der Waals surface area contributed by atoms with Gasteiger partial charge in [-0.3, -0.25) is 9.59 Å². The molecule has 0 atom stereocenters. The first-order valence-electron chi connectivity index (χ1n) is 5.45. The molecule has 100 valence electrons. The summed E-state index contributed by atoms with van der Waals surface area (Å²) in [5.41, 5.74) is 4.86. The van der Waals surface area contributed by atoms with Gasteiger partial charge in [0.1, 0.15) is 13.2 Å². The standard InChI is InChI=1S/C10H20N2O5/c1-2-15-8-10(14)12-3-4-16-5-6-17-7-9(11)13/h2-8H2,1H3,(H2,11,13)(H,12,14). The summed E-state index contributed by atoms with van der Waals surface area (Å²) in [7, 11) is 0. The Bertz CT molecular complexity index is 223. The SMILES string of the molecule is CCOCC(=O)NCCOCCOCC(N)=O. The van der Waals surface area contributed by atoms with Crippen molar-refractivity contribution in [3.05, 3.63) is 0 Å². The van der Waals surface area contributed by atoms with Crippen molar-refractivity contribution < 1.29 is 23.8 Å². The van der Waals surface area contributed by atoms with Gasteiger partial charge < -0.3 is 25.3 Å². The fourth-order valence-electron chi connectivity index (χ4n) is 0.901. The van der Waals surface area contributed by atoms with Crippen molar-refractivity contribution in [2.24, 2.45) is 5.73 Å². The summed E-state index contributed by atoms with van der Waals surface area (Å²) in [5.74, 6) is -0.673. The molecule has 3 N–H and O–H groups in total. The summed E-state index contributed by atoms with van der Waals surface area (Å²) in [6.07, 6.45) is 0. The molecule has 0 heterocycles. The first-order chi connectivity index (χ1) is 8.16. The van der Waals surface area contributed by atoms with Crippen LogP contribution in [0.2, 0.25) is 0 Å². The summed E-state index contributed by atoms with van der Waals surface area (Å²) in [6, 6.07) is 0. The minimum Gasteiger partial charge on any atom is -0.377 e. The number of nitrogens with two attached hydrogens (primary N) is 1. The summed E-state index contributed by atoms with van der Waals surface area (Å²) >= 11 is 0. The second-order valence-corrected chi connectivity index (χ2v) is 3.12. The van der Waals surface area contributed by atoms with Gasteiger partial charge in [0.05, 0.1) is 19.8 Å². The number of carbonyl (C=O) groups is 2. The number of hydrogen-bond donors (Lipinski definition) is 2. The Morgan fingerprint density at radius 1 is 1.06 bits per heavy atom. The molecule has 7 heteroatoms. The van der Waals surface area contributed by atoms with Crippen molar-refractivity contribution in [3.8, 4) is 0 Å². The second kappa shape index (κ2) is 11.3. The van der Waals surface area contributed by atoms with Gasteiger partial charge in [0.15, 0.2) is 0 Å². The Morgan fingerprint density at radius 2 is 1.76 bits per heavy atom. The highest BCUT2D eigenvalue weighted by atomic mass is 16.5. The Kier molecular flexibility index (Phi) is 10.5. The number of rotatable bonds is 11. The van der Waals surface area contributed by atoms with E-state index in [0.29, 0.717) is 33.0 Å². The van der Waals surface area contributed by atoms with Crippen molar-refractivity contribution in [2.75, 3.05) is 46.2 Å². The third-order valence-electron chi connectivity index (χ3n) is 1.62. The predicted molar refractivity (Wildman–Crippen MR) is 60.3 cm³/mol. The number of amides is 2. The first-order valence-corrected chi connectivity index (χ1v) is 5.45. The molecule has 0 radical (unpaired) electrons. The lowest BCUT2D eigenvalue weighted by Crippen LogP contribution is -2.31. The number of nitrogens with one attached hydrogen (secondary N) is 1. The Morgan fingerprint density at radius 3 is 2.41 bits per heavy atom. The Hall–Kier alpha value is -1.18. The van der Waals surface area contributed by atoms with Gasteiger partial charge in [-0.25, -0.2) is 0 Å². The van der Waals surface area contributed by atoms with Gasteiger partial charge in [-0.05, 0) is 6.92 Å². The number of carbonyl (C=O) groups excluding carboxylic acids is 2. The molecule has 0 fully saturated rings. The third kappa shape index (κ3) is 12.8. The van der Waals surface area contributed by atoms with Crippen LogP contribution in [0.15, 0.2) is 0 Å².